The van der Waals surface area contributed by atoms with E-state index in [0.717, 1.165) is 36.4 Å². The number of nitrogens with zero attached hydrogens (tertiary/aromatic N) is 1. The van der Waals surface area contributed by atoms with Crippen molar-refractivity contribution in [3.8, 4) is 10.4 Å². The maximum atomic E-state index is 13.1. The molecule has 1 N–H and O–H groups in total. The lowest BCUT2D eigenvalue weighted by Crippen LogP contribution is -2.20. The van der Waals surface area contributed by atoms with E-state index >= 15 is 0 Å². The van der Waals surface area contributed by atoms with Gasteiger partial charge in [-0.1, -0.05) is 18.2 Å². The van der Waals surface area contributed by atoms with E-state index in [9.17, 15) is 12.8 Å². The molecule has 0 saturated heterocycles. The van der Waals surface area contributed by atoms with E-state index in [1.807, 2.05) is 18.2 Å². The predicted molar refractivity (Wildman–Crippen MR) is 112 cm³/mol. The maximum Gasteiger partial charge on any atom is 0.271 e. The number of rotatable bonds is 4. The van der Waals surface area contributed by atoms with Gasteiger partial charge in [0, 0.05) is 23.7 Å². The Morgan fingerprint density at radius 3 is 2.43 bits per heavy atom. The van der Waals surface area contributed by atoms with Crippen LogP contribution in [0.15, 0.2) is 58.8 Å². The second kappa shape index (κ2) is 7.66. The molecule has 3 aromatic rings. The number of nitrogens with one attached hydrogen (secondary N) is 1. The molecule has 0 atom stereocenters. The molecule has 0 spiro atoms. The summed E-state index contributed by atoms with van der Waals surface area (Å²) in [4.78, 5) is 3.07. The highest BCUT2D eigenvalue weighted by Crippen LogP contribution is 2.32. The number of hydrogen-bond acceptors (Lipinski definition) is 4. The second-order valence-electron chi connectivity index (χ2n) is 7.02. The Morgan fingerprint density at radius 2 is 1.68 bits per heavy atom. The smallest absolute Gasteiger partial charge is 0.271 e. The molecule has 2 aromatic carbocycles. The van der Waals surface area contributed by atoms with Gasteiger partial charge >= 0.3 is 0 Å². The van der Waals surface area contributed by atoms with E-state index in [1.54, 1.807) is 24.3 Å². The number of anilines is 1. The lowest BCUT2D eigenvalue weighted by Gasteiger charge is -2.11. The van der Waals surface area contributed by atoms with Crippen molar-refractivity contribution in [3.05, 3.63) is 71.5 Å². The Labute approximate surface area is 168 Å². The van der Waals surface area contributed by atoms with Crippen LogP contribution in [-0.4, -0.2) is 33.5 Å². The molecule has 2 heterocycles. The number of sulfonamides is 1. The van der Waals surface area contributed by atoms with Crippen molar-refractivity contribution >= 4 is 27.0 Å². The molecular formula is C21H21FN2O2S2. The SMILES string of the molecule is CN1CCc2ccc(NS(=O)(=O)c3ccc(-c4ccc(F)cc4)s3)cc2CC1. The largest absolute Gasteiger partial charge is 0.306 e. The average Bonchev–Trinajstić information content (AvgIpc) is 3.10. The number of hydrogen-bond donors (Lipinski definition) is 1. The fraction of sp³-hybridized carbons (Fsp3) is 0.238. The van der Waals surface area contributed by atoms with Crippen LogP contribution < -0.4 is 4.72 Å². The summed E-state index contributed by atoms with van der Waals surface area (Å²) < 4.78 is 41.7. The van der Waals surface area contributed by atoms with Gasteiger partial charge in [0.05, 0.1) is 0 Å². The van der Waals surface area contributed by atoms with Gasteiger partial charge in [-0.2, -0.15) is 0 Å². The van der Waals surface area contributed by atoms with E-state index in [0.29, 0.717) is 5.69 Å². The van der Waals surface area contributed by atoms with Gasteiger partial charge in [0.1, 0.15) is 10.0 Å². The molecule has 0 radical (unpaired) electrons. The Kier molecular flexibility index (Phi) is 5.23. The second-order valence-corrected chi connectivity index (χ2v) is 10.0. The number of fused-ring (bicyclic) bond motifs is 1. The van der Waals surface area contributed by atoms with Gasteiger partial charge in [-0.15, -0.1) is 11.3 Å². The first kappa shape index (κ1) is 19.1. The van der Waals surface area contributed by atoms with Crippen LogP contribution >= 0.6 is 11.3 Å². The number of likely N-dealkylation sites (N-methyl/N-ethyl adjacent to an activating group) is 1. The molecule has 0 bridgehead atoms. The molecule has 0 saturated carbocycles. The molecule has 0 unspecified atom stereocenters. The third-order valence-corrected chi connectivity index (χ3v) is 7.97. The molecule has 0 aliphatic carbocycles. The highest BCUT2D eigenvalue weighted by molar-refractivity contribution is 7.94. The molecule has 1 aliphatic rings. The highest BCUT2D eigenvalue weighted by Gasteiger charge is 2.19. The molecule has 1 aromatic heterocycles. The number of benzene rings is 2. The summed E-state index contributed by atoms with van der Waals surface area (Å²) in [5, 5.41) is 0. The van der Waals surface area contributed by atoms with E-state index in [-0.39, 0.29) is 10.0 Å². The molecule has 7 heteroatoms. The van der Waals surface area contributed by atoms with Gasteiger partial charge in [0.25, 0.3) is 10.0 Å². The Bertz CT molecular complexity index is 1090. The van der Waals surface area contributed by atoms with E-state index in [2.05, 4.69) is 16.7 Å². The fourth-order valence-corrected chi connectivity index (χ4v) is 5.70. The van der Waals surface area contributed by atoms with Crippen molar-refractivity contribution in [1.82, 2.24) is 4.90 Å². The molecule has 146 valence electrons. The maximum absolute atomic E-state index is 13.1. The summed E-state index contributed by atoms with van der Waals surface area (Å²) >= 11 is 1.17. The van der Waals surface area contributed by atoms with Crippen LogP contribution in [0.25, 0.3) is 10.4 Å². The summed E-state index contributed by atoms with van der Waals surface area (Å²) in [6.07, 6.45) is 1.89. The minimum absolute atomic E-state index is 0.238. The fourth-order valence-electron chi connectivity index (χ4n) is 3.34. The zero-order valence-electron chi connectivity index (χ0n) is 15.5. The average molecular weight is 417 g/mol. The minimum atomic E-state index is -3.67. The summed E-state index contributed by atoms with van der Waals surface area (Å²) in [5.41, 5.74) is 3.85. The van der Waals surface area contributed by atoms with E-state index < -0.39 is 10.0 Å². The van der Waals surface area contributed by atoms with Crippen LogP contribution in [0.3, 0.4) is 0 Å². The number of halogens is 1. The zero-order valence-corrected chi connectivity index (χ0v) is 17.1. The van der Waals surface area contributed by atoms with Gasteiger partial charge in [-0.3, -0.25) is 4.72 Å². The van der Waals surface area contributed by atoms with Crippen molar-refractivity contribution in [2.24, 2.45) is 0 Å². The predicted octanol–water partition coefficient (Wildman–Crippen LogP) is 4.39. The highest BCUT2D eigenvalue weighted by atomic mass is 32.2. The molecule has 0 amide bonds. The molecule has 4 nitrogen and oxygen atoms in total. The van der Waals surface area contributed by atoms with Crippen LogP contribution in [-0.2, 0) is 22.9 Å². The molecule has 1 aliphatic heterocycles. The van der Waals surface area contributed by atoms with Crippen LogP contribution in [0.2, 0.25) is 0 Å². The van der Waals surface area contributed by atoms with E-state index in [4.69, 9.17) is 0 Å². The third kappa shape index (κ3) is 4.11. The van der Waals surface area contributed by atoms with Crippen LogP contribution in [0, 0.1) is 5.82 Å². The van der Waals surface area contributed by atoms with Gasteiger partial charge in [0.2, 0.25) is 0 Å². The lowest BCUT2D eigenvalue weighted by molar-refractivity contribution is 0.352. The standard InChI is InChI=1S/C21H21FN2O2S2/c1-24-12-10-15-4-7-19(14-17(15)11-13-24)23-28(25,26)21-9-8-20(27-21)16-2-5-18(22)6-3-16/h2-9,14,23H,10-13H2,1H3. The van der Waals surface area contributed by atoms with Gasteiger partial charge in [-0.25, -0.2) is 12.8 Å². The first-order chi connectivity index (χ1) is 13.4. The Morgan fingerprint density at radius 1 is 0.964 bits per heavy atom. The molecule has 0 fully saturated rings. The topological polar surface area (TPSA) is 49.4 Å². The van der Waals surface area contributed by atoms with Crippen molar-refractivity contribution in [3.63, 3.8) is 0 Å². The third-order valence-electron chi connectivity index (χ3n) is 4.96. The summed E-state index contributed by atoms with van der Waals surface area (Å²) in [6, 6.07) is 15.2. The van der Waals surface area contributed by atoms with E-state index in [1.165, 1.54) is 34.6 Å². The normalized spacial score (nSPS) is 15.1. The first-order valence-corrected chi connectivity index (χ1v) is 11.4. The summed E-state index contributed by atoms with van der Waals surface area (Å²) in [7, 11) is -1.57. The van der Waals surface area contributed by atoms with Crippen molar-refractivity contribution < 1.29 is 12.8 Å². The summed E-state index contributed by atoms with van der Waals surface area (Å²) in [6.45, 7) is 1.98. The molecule has 28 heavy (non-hydrogen) atoms. The van der Waals surface area contributed by atoms with Crippen molar-refractivity contribution in [2.45, 2.75) is 17.1 Å². The zero-order chi connectivity index (χ0) is 19.7. The number of thiophene rings is 1. The van der Waals surface area contributed by atoms with Crippen LogP contribution in [0.5, 0.6) is 0 Å². The quantitative estimate of drug-likeness (QED) is 0.686. The molecule has 4 rings (SSSR count). The summed E-state index contributed by atoms with van der Waals surface area (Å²) in [5.74, 6) is -0.316. The van der Waals surface area contributed by atoms with Crippen LogP contribution in [0.1, 0.15) is 11.1 Å². The monoisotopic (exact) mass is 416 g/mol. The van der Waals surface area contributed by atoms with Crippen LogP contribution in [0.4, 0.5) is 10.1 Å². The molecular weight excluding hydrogens is 395 g/mol. The van der Waals surface area contributed by atoms with Gasteiger partial charge < -0.3 is 4.90 Å². The lowest BCUT2D eigenvalue weighted by atomic mass is 10.0. The first-order valence-electron chi connectivity index (χ1n) is 9.10. The van der Waals surface area contributed by atoms with Crippen molar-refractivity contribution in [2.75, 3.05) is 24.9 Å². The van der Waals surface area contributed by atoms with Gasteiger partial charge in [0.15, 0.2) is 0 Å². The van der Waals surface area contributed by atoms with Crippen molar-refractivity contribution in [1.29, 1.82) is 0 Å². The Hall–Kier alpha value is -2.22. The minimum Gasteiger partial charge on any atom is -0.306 e. The Balaban J connectivity index is 1.56. The van der Waals surface area contributed by atoms with Gasteiger partial charge in [-0.05, 0) is 73.0 Å².